The van der Waals surface area contributed by atoms with E-state index in [1.807, 2.05) is 24.3 Å². The average Bonchev–Trinajstić information content (AvgIpc) is 3.31. The summed E-state index contributed by atoms with van der Waals surface area (Å²) in [6.07, 6.45) is 1.42. The summed E-state index contributed by atoms with van der Waals surface area (Å²) in [6, 6.07) is 10.7. The van der Waals surface area contributed by atoms with Crippen LogP contribution in [0.1, 0.15) is 26.4 Å². The zero-order chi connectivity index (χ0) is 24.1. The molecule has 0 saturated carbocycles. The molecule has 0 radical (unpaired) electrons. The van der Waals surface area contributed by atoms with Gasteiger partial charge in [-0.05, 0) is 31.2 Å². The first-order valence-electron chi connectivity index (χ1n) is 10.2. The summed E-state index contributed by atoms with van der Waals surface area (Å²) >= 11 is 3.43. The number of rotatable bonds is 5. The van der Waals surface area contributed by atoms with E-state index >= 15 is 0 Å². The number of anilines is 1. The normalized spacial score (nSPS) is 12.9. The van der Waals surface area contributed by atoms with Gasteiger partial charge in [-0.25, -0.2) is 14.6 Å². The molecule has 0 saturated heterocycles. The monoisotopic (exact) mass is 522 g/mol. The van der Waals surface area contributed by atoms with Crippen molar-refractivity contribution in [2.24, 2.45) is 0 Å². The Morgan fingerprint density at radius 1 is 0.882 bits per heavy atom. The highest BCUT2D eigenvalue weighted by Crippen LogP contribution is 2.43. The fourth-order valence-corrected chi connectivity index (χ4v) is 4.42. The molecule has 0 atom stereocenters. The minimum Gasteiger partial charge on any atom is -0.493 e. The van der Waals surface area contributed by atoms with Crippen LogP contribution in [-0.2, 0) is 0 Å². The van der Waals surface area contributed by atoms with Crippen LogP contribution in [0.3, 0.4) is 0 Å². The number of methoxy groups -OCH3 is 3. The van der Waals surface area contributed by atoms with Gasteiger partial charge in [0.25, 0.3) is 11.8 Å². The first kappa shape index (κ1) is 21.9. The fourth-order valence-electron chi connectivity index (χ4n) is 4.15. The number of carbonyl (C=O) groups is 2. The van der Waals surface area contributed by atoms with Gasteiger partial charge in [0.05, 0.1) is 54.9 Å². The van der Waals surface area contributed by atoms with E-state index in [-0.39, 0.29) is 11.1 Å². The average molecular weight is 523 g/mol. The highest BCUT2D eigenvalue weighted by molar-refractivity contribution is 9.10. The van der Waals surface area contributed by atoms with Crippen LogP contribution >= 0.6 is 15.9 Å². The predicted molar refractivity (Wildman–Crippen MR) is 129 cm³/mol. The van der Waals surface area contributed by atoms with Crippen LogP contribution in [0.25, 0.3) is 16.7 Å². The number of pyridine rings is 1. The molecule has 3 heterocycles. The lowest BCUT2D eigenvalue weighted by Crippen LogP contribution is -2.29. The van der Waals surface area contributed by atoms with Gasteiger partial charge >= 0.3 is 0 Å². The number of nitrogens with zero attached hydrogens (tertiary/aromatic N) is 4. The number of carbonyl (C=O) groups excluding carboxylic acids is 2. The van der Waals surface area contributed by atoms with E-state index in [2.05, 4.69) is 26.0 Å². The largest absolute Gasteiger partial charge is 0.493 e. The van der Waals surface area contributed by atoms with Crippen molar-refractivity contribution in [1.29, 1.82) is 0 Å². The Balaban J connectivity index is 1.68. The maximum atomic E-state index is 13.6. The first-order valence-corrected chi connectivity index (χ1v) is 11.0. The van der Waals surface area contributed by atoms with Crippen LogP contribution in [-0.4, -0.2) is 47.9 Å². The number of benzene rings is 2. The van der Waals surface area contributed by atoms with E-state index in [1.54, 1.807) is 23.7 Å². The fraction of sp³-hybridized carbons (Fsp3) is 0.167. The summed E-state index contributed by atoms with van der Waals surface area (Å²) in [5.41, 5.74) is 2.65. The van der Waals surface area contributed by atoms with Crippen molar-refractivity contribution in [3.63, 3.8) is 0 Å². The molecule has 172 valence electrons. The molecule has 0 N–H and O–H groups in total. The molecule has 5 rings (SSSR count). The molecule has 9 nitrogen and oxygen atoms in total. The number of aryl methyl sites for hydroxylation is 1. The molecular weight excluding hydrogens is 504 g/mol. The minimum absolute atomic E-state index is 0.213. The zero-order valence-electron chi connectivity index (χ0n) is 18.7. The summed E-state index contributed by atoms with van der Waals surface area (Å²) in [6.45, 7) is 1.79. The highest BCUT2D eigenvalue weighted by atomic mass is 79.9. The molecule has 2 aromatic carbocycles. The number of amides is 2. The van der Waals surface area contributed by atoms with E-state index in [4.69, 9.17) is 14.2 Å². The second-order valence-corrected chi connectivity index (χ2v) is 8.46. The van der Waals surface area contributed by atoms with Crippen LogP contribution in [0, 0.1) is 6.92 Å². The predicted octanol–water partition coefficient (Wildman–Crippen LogP) is 4.32. The van der Waals surface area contributed by atoms with Gasteiger partial charge in [0.15, 0.2) is 17.1 Å². The first-order chi connectivity index (χ1) is 16.4. The lowest BCUT2D eigenvalue weighted by Gasteiger charge is -2.18. The third-order valence-corrected chi connectivity index (χ3v) is 6.23. The molecule has 0 unspecified atom stereocenters. The maximum absolute atomic E-state index is 13.6. The van der Waals surface area contributed by atoms with Gasteiger partial charge in [0, 0.05) is 22.8 Å². The Labute approximate surface area is 203 Å². The minimum atomic E-state index is -0.487. The van der Waals surface area contributed by atoms with Crippen molar-refractivity contribution < 1.29 is 23.8 Å². The third-order valence-electron chi connectivity index (χ3n) is 5.70. The zero-order valence-corrected chi connectivity index (χ0v) is 20.3. The van der Waals surface area contributed by atoms with Crippen molar-refractivity contribution >= 4 is 44.5 Å². The summed E-state index contributed by atoms with van der Waals surface area (Å²) in [7, 11) is 4.42. The summed E-state index contributed by atoms with van der Waals surface area (Å²) in [4.78, 5) is 32.6. The molecular formula is C24H19BrN4O5. The lowest BCUT2D eigenvalue weighted by atomic mass is 10.1. The molecule has 10 heteroatoms. The van der Waals surface area contributed by atoms with Crippen LogP contribution in [0.5, 0.6) is 17.2 Å². The van der Waals surface area contributed by atoms with Gasteiger partial charge in [0.1, 0.15) is 0 Å². The molecule has 0 bridgehead atoms. The number of aromatic nitrogens is 3. The standard InChI is InChI=1S/C24H19BrN4O5/c1-12-19-20-16(11-26-22(19)29(27-12)14-7-5-13(25)6-8-14)23(30)28(24(20)31)15-9-17(32-2)21(34-4)18(10-15)33-3/h5-11H,1-4H3. The molecule has 0 fully saturated rings. The maximum Gasteiger partial charge on any atom is 0.267 e. The molecule has 0 spiro atoms. The summed E-state index contributed by atoms with van der Waals surface area (Å²) < 4.78 is 18.7. The van der Waals surface area contributed by atoms with Crippen molar-refractivity contribution in [3.8, 4) is 22.9 Å². The van der Waals surface area contributed by atoms with Crippen LogP contribution in [0.4, 0.5) is 5.69 Å². The second kappa shape index (κ2) is 8.14. The van der Waals surface area contributed by atoms with Crippen molar-refractivity contribution in [1.82, 2.24) is 14.8 Å². The van der Waals surface area contributed by atoms with Gasteiger partial charge in [-0.2, -0.15) is 5.10 Å². The van der Waals surface area contributed by atoms with Gasteiger partial charge in [-0.3, -0.25) is 9.59 Å². The van der Waals surface area contributed by atoms with Crippen molar-refractivity contribution in [2.75, 3.05) is 26.2 Å². The SMILES string of the molecule is COc1cc(N2C(=O)c3cnc4c(c(C)nn4-c4ccc(Br)cc4)c3C2=O)cc(OC)c1OC. The van der Waals surface area contributed by atoms with Crippen molar-refractivity contribution in [3.05, 3.63) is 63.9 Å². The van der Waals surface area contributed by atoms with Gasteiger partial charge in [-0.15, -0.1) is 0 Å². The number of fused-ring (bicyclic) bond motifs is 3. The Kier molecular flexibility index (Phi) is 5.24. The summed E-state index contributed by atoms with van der Waals surface area (Å²) in [5, 5.41) is 5.14. The lowest BCUT2D eigenvalue weighted by molar-refractivity contribution is 0.0926. The Bertz CT molecular complexity index is 1450. The topological polar surface area (TPSA) is 95.8 Å². The number of ether oxygens (including phenoxy) is 3. The van der Waals surface area contributed by atoms with Crippen LogP contribution in [0.15, 0.2) is 47.1 Å². The quantitative estimate of drug-likeness (QED) is 0.360. The van der Waals surface area contributed by atoms with E-state index in [0.717, 1.165) is 15.1 Å². The smallest absolute Gasteiger partial charge is 0.267 e. The van der Waals surface area contributed by atoms with E-state index < -0.39 is 11.8 Å². The number of hydrogen-bond donors (Lipinski definition) is 0. The highest BCUT2D eigenvalue weighted by Gasteiger charge is 2.40. The molecule has 34 heavy (non-hydrogen) atoms. The van der Waals surface area contributed by atoms with Gasteiger partial charge < -0.3 is 14.2 Å². The molecule has 2 amide bonds. The number of hydrogen-bond acceptors (Lipinski definition) is 7. The number of imide groups is 1. The van der Waals surface area contributed by atoms with E-state index in [0.29, 0.717) is 39.7 Å². The Morgan fingerprint density at radius 2 is 1.53 bits per heavy atom. The molecule has 0 aliphatic carbocycles. The van der Waals surface area contributed by atoms with Crippen LogP contribution < -0.4 is 19.1 Å². The molecule has 1 aliphatic rings. The third kappa shape index (κ3) is 3.13. The molecule has 4 aromatic rings. The second-order valence-electron chi connectivity index (χ2n) is 7.55. The van der Waals surface area contributed by atoms with E-state index in [9.17, 15) is 9.59 Å². The Morgan fingerprint density at radius 3 is 2.12 bits per heavy atom. The van der Waals surface area contributed by atoms with E-state index in [1.165, 1.54) is 27.5 Å². The molecule has 1 aliphatic heterocycles. The van der Waals surface area contributed by atoms with Crippen LogP contribution in [0.2, 0.25) is 0 Å². The van der Waals surface area contributed by atoms with Crippen molar-refractivity contribution in [2.45, 2.75) is 6.92 Å². The van der Waals surface area contributed by atoms with Gasteiger partial charge in [-0.1, -0.05) is 15.9 Å². The summed E-state index contributed by atoms with van der Waals surface area (Å²) in [5.74, 6) is 0.0625. The molecule has 2 aromatic heterocycles. The Hall–Kier alpha value is -3.92. The van der Waals surface area contributed by atoms with Gasteiger partial charge in [0.2, 0.25) is 5.75 Å². The number of halogens is 1.